The van der Waals surface area contributed by atoms with Crippen LogP contribution >= 0.6 is 0 Å². The van der Waals surface area contributed by atoms with Crippen molar-refractivity contribution in [2.45, 2.75) is 13.5 Å². The van der Waals surface area contributed by atoms with Crippen molar-refractivity contribution in [2.24, 2.45) is 7.05 Å². The molecule has 0 saturated carbocycles. The summed E-state index contributed by atoms with van der Waals surface area (Å²) in [5, 5.41) is 8.60. The first-order chi connectivity index (χ1) is 13.1. The fourth-order valence-electron chi connectivity index (χ4n) is 3.41. The Labute approximate surface area is 156 Å². The van der Waals surface area contributed by atoms with Gasteiger partial charge in [-0.1, -0.05) is 12.1 Å². The molecule has 1 N–H and O–H groups in total. The molecular formula is C20H20N4O3. The predicted octanol–water partition coefficient (Wildman–Crippen LogP) is 2.84. The van der Waals surface area contributed by atoms with Crippen LogP contribution < -0.4 is 5.32 Å². The van der Waals surface area contributed by atoms with Crippen LogP contribution in [0.5, 0.6) is 0 Å². The molecular weight excluding hydrogens is 344 g/mol. The Balaban J connectivity index is 1.60. The van der Waals surface area contributed by atoms with Crippen LogP contribution in [-0.2, 0) is 23.1 Å². The number of esters is 1. The molecule has 3 aromatic rings. The Hall–Kier alpha value is -3.35. The fraction of sp³-hybridized carbons (Fsp3) is 0.250. The molecule has 0 radical (unpaired) electrons. The summed E-state index contributed by atoms with van der Waals surface area (Å²) in [6.07, 6.45) is 1.81. The third-order valence-corrected chi connectivity index (χ3v) is 4.66. The number of amides is 1. The molecule has 1 aromatic heterocycles. The molecule has 0 saturated heterocycles. The van der Waals surface area contributed by atoms with E-state index in [-0.39, 0.29) is 12.5 Å². The number of benzene rings is 2. The van der Waals surface area contributed by atoms with Gasteiger partial charge in [0.25, 0.3) is 5.91 Å². The van der Waals surface area contributed by atoms with Crippen LogP contribution in [0.3, 0.4) is 0 Å². The molecule has 1 aliphatic heterocycles. The van der Waals surface area contributed by atoms with Gasteiger partial charge < -0.3 is 15.0 Å². The molecule has 1 amide bonds. The van der Waals surface area contributed by atoms with Gasteiger partial charge in [0.15, 0.2) is 0 Å². The van der Waals surface area contributed by atoms with Gasteiger partial charge in [-0.3, -0.25) is 14.3 Å². The SMILES string of the molecule is CCOC(=O)CN1Cc2cccc(Nc3ccc4c(cnn4C)c3)c2C1=O. The second-order valence-corrected chi connectivity index (χ2v) is 6.47. The molecule has 0 fully saturated rings. The molecule has 1 aliphatic rings. The number of carbonyl (C=O) groups excluding carboxylic acids is 2. The number of ether oxygens (including phenoxy) is 1. The van der Waals surface area contributed by atoms with Gasteiger partial charge in [-0.15, -0.1) is 0 Å². The molecule has 7 nitrogen and oxygen atoms in total. The van der Waals surface area contributed by atoms with Gasteiger partial charge in [0, 0.05) is 24.7 Å². The summed E-state index contributed by atoms with van der Waals surface area (Å²) in [6, 6.07) is 11.6. The molecule has 4 rings (SSSR count). The maximum Gasteiger partial charge on any atom is 0.325 e. The van der Waals surface area contributed by atoms with Gasteiger partial charge in [0.05, 0.1) is 29.6 Å². The Morgan fingerprint density at radius 1 is 1.30 bits per heavy atom. The number of nitrogens with one attached hydrogen (secondary N) is 1. The topological polar surface area (TPSA) is 76.5 Å². The summed E-state index contributed by atoms with van der Waals surface area (Å²) in [5.74, 6) is -0.557. The number of hydrogen-bond acceptors (Lipinski definition) is 5. The molecule has 27 heavy (non-hydrogen) atoms. The van der Waals surface area contributed by atoms with E-state index in [1.807, 2.05) is 54.3 Å². The summed E-state index contributed by atoms with van der Waals surface area (Å²) in [7, 11) is 1.90. The summed E-state index contributed by atoms with van der Waals surface area (Å²) in [5.41, 5.74) is 4.15. The molecule has 7 heteroatoms. The highest BCUT2D eigenvalue weighted by molar-refractivity contribution is 6.05. The minimum absolute atomic E-state index is 0.0392. The highest BCUT2D eigenvalue weighted by Crippen LogP contribution is 2.32. The molecule has 0 unspecified atom stereocenters. The number of nitrogens with zero attached hydrogens (tertiary/aromatic N) is 3. The lowest BCUT2D eigenvalue weighted by Gasteiger charge is -2.14. The van der Waals surface area contributed by atoms with Crippen molar-refractivity contribution in [3.8, 4) is 0 Å². The number of aryl methyl sites for hydroxylation is 1. The average Bonchev–Trinajstić information content (AvgIpc) is 3.16. The molecule has 0 aliphatic carbocycles. The summed E-state index contributed by atoms with van der Waals surface area (Å²) in [4.78, 5) is 26.1. The minimum Gasteiger partial charge on any atom is -0.465 e. The zero-order valence-corrected chi connectivity index (χ0v) is 15.2. The Kier molecular flexibility index (Phi) is 4.27. The Morgan fingerprint density at radius 2 is 2.15 bits per heavy atom. The van der Waals surface area contributed by atoms with Crippen LogP contribution in [0.1, 0.15) is 22.8 Å². The first-order valence-electron chi connectivity index (χ1n) is 8.82. The van der Waals surface area contributed by atoms with E-state index in [2.05, 4.69) is 10.4 Å². The van der Waals surface area contributed by atoms with E-state index in [4.69, 9.17) is 4.74 Å². The second kappa shape index (κ2) is 6.75. The van der Waals surface area contributed by atoms with E-state index >= 15 is 0 Å². The first-order valence-corrected chi connectivity index (χ1v) is 8.82. The van der Waals surface area contributed by atoms with Crippen molar-refractivity contribution in [3.05, 3.63) is 53.7 Å². The molecule has 0 bridgehead atoms. The Bertz CT molecular complexity index is 1040. The van der Waals surface area contributed by atoms with E-state index in [0.29, 0.717) is 18.7 Å². The smallest absolute Gasteiger partial charge is 0.325 e. The Morgan fingerprint density at radius 3 is 2.96 bits per heavy atom. The van der Waals surface area contributed by atoms with Gasteiger partial charge in [-0.05, 0) is 36.8 Å². The molecule has 0 atom stereocenters. The van der Waals surface area contributed by atoms with E-state index in [1.165, 1.54) is 4.90 Å². The van der Waals surface area contributed by atoms with E-state index in [1.54, 1.807) is 6.92 Å². The zero-order chi connectivity index (χ0) is 19.0. The lowest BCUT2D eigenvalue weighted by Crippen LogP contribution is -2.31. The van der Waals surface area contributed by atoms with Crippen molar-refractivity contribution in [2.75, 3.05) is 18.5 Å². The van der Waals surface area contributed by atoms with Crippen LogP contribution in [0.15, 0.2) is 42.6 Å². The highest BCUT2D eigenvalue weighted by atomic mass is 16.5. The van der Waals surface area contributed by atoms with Crippen molar-refractivity contribution >= 4 is 34.2 Å². The standard InChI is InChI=1S/C20H20N4O3/c1-3-27-18(25)12-24-11-13-5-4-6-16(19(13)20(24)26)22-15-7-8-17-14(9-15)10-21-23(17)2/h4-10,22H,3,11-12H2,1-2H3. The van der Waals surface area contributed by atoms with Crippen LogP contribution in [0, 0.1) is 0 Å². The minimum atomic E-state index is -0.393. The number of hydrogen-bond donors (Lipinski definition) is 1. The number of rotatable bonds is 5. The predicted molar refractivity (Wildman–Crippen MR) is 102 cm³/mol. The van der Waals surface area contributed by atoms with Gasteiger partial charge in [-0.25, -0.2) is 0 Å². The van der Waals surface area contributed by atoms with E-state index < -0.39 is 5.97 Å². The van der Waals surface area contributed by atoms with Crippen molar-refractivity contribution in [1.29, 1.82) is 0 Å². The average molecular weight is 364 g/mol. The summed E-state index contributed by atoms with van der Waals surface area (Å²) >= 11 is 0. The number of fused-ring (bicyclic) bond motifs is 2. The number of aromatic nitrogens is 2. The zero-order valence-electron chi connectivity index (χ0n) is 15.2. The maximum atomic E-state index is 12.8. The van der Waals surface area contributed by atoms with Gasteiger partial charge in [0.1, 0.15) is 6.54 Å². The van der Waals surface area contributed by atoms with Gasteiger partial charge in [-0.2, -0.15) is 5.10 Å². The van der Waals surface area contributed by atoms with Crippen LogP contribution in [-0.4, -0.2) is 39.7 Å². The van der Waals surface area contributed by atoms with E-state index in [9.17, 15) is 9.59 Å². The normalized spacial score (nSPS) is 13.1. The lowest BCUT2D eigenvalue weighted by molar-refractivity contribution is -0.143. The molecule has 2 heterocycles. The van der Waals surface area contributed by atoms with Crippen LogP contribution in [0.2, 0.25) is 0 Å². The van der Waals surface area contributed by atoms with E-state index in [0.717, 1.165) is 27.8 Å². The van der Waals surface area contributed by atoms with Crippen LogP contribution in [0.25, 0.3) is 10.9 Å². The van der Waals surface area contributed by atoms with Crippen LogP contribution in [0.4, 0.5) is 11.4 Å². The molecule has 0 spiro atoms. The monoisotopic (exact) mass is 364 g/mol. The summed E-state index contributed by atoms with van der Waals surface area (Å²) in [6.45, 7) is 2.42. The molecule has 2 aromatic carbocycles. The van der Waals surface area contributed by atoms with Crippen molar-refractivity contribution in [3.63, 3.8) is 0 Å². The molecule has 138 valence electrons. The van der Waals surface area contributed by atoms with Gasteiger partial charge >= 0.3 is 5.97 Å². The quantitative estimate of drug-likeness (QED) is 0.705. The lowest BCUT2D eigenvalue weighted by atomic mass is 10.1. The summed E-state index contributed by atoms with van der Waals surface area (Å²) < 4.78 is 6.78. The second-order valence-electron chi connectivity index (χ2n) is 6.47. The third-order valence-electron chi connectivity index (χ3n) is 4.66. The number of anilines is 2. The van der Waals surface area contributed by atoms with Gasteiger partial charge in [0.2, 0.25) is 0 Å². The largest absolute Gasteiger partial charge is 0.465 e. The number of carbonyl (C=O) groups is 2. The maximum absolute atomic E-state index is 12.8. The third kappa shape index (κ3) is 3.12. The first kappa shape index (κ1) is 17.1. The highest BCUT2D eigenvalue weighted by Gasteiger charge is 2.31. The van der Waals surface area contributed by atoms with Crippen molar-refractivity contribution < 1.29 is 14.3 Å². The van der Waals surface area contributed by atoms with Crippen molar-refractivity contribution in [1.82, 2.24) is 14.7 Å². The fourth-order valence-corrected chi connectivity index (χ4v) is 3.41.